The molecule has 1 aliphatic rings. The average molecular weight is 365 g/mol. The fraction of sp³-hybridized carbons (Fsp3) is 0.278. The number of halogens is 1. The van der Waals surface area contributed by atoms with E-state index in [4.69, 9.17) is 11.6 Å². The van der Waals surface area contributed by atoms with Crippen LogP contribution in [0.15, 0.2) is 53.4 Å². The van der Waals surface area contributed by atoms with Gasteiger partial charge in [0.05, 0.1) is 16.1 Å². The molecule has 4 nitrogen and oxygen atoms in total. The highest BCUT2D eigenvalue weighted by molar-refractivity contribution is 7.92. The van der Waals surface area contributed by atoms with E-state index >= 15 is 0 Å². The van der Waals surface area contributed by atoms with Crippen LogP contribution in [0.25, 0.3) is 0 Å². The topological polar surface area (TPSA) is 71.4 Å². The van der Waals surface area contributed by atoms with Gasteiger partial charge in [-0.05, 0) is 41.8 Å². The molecule has 0 heterocycles. The van der Waals surface area contributed by atoms with Crippen LogP contribution in [0.2, 0.25) is 5.02 Å². The number of aryl methyl sites for hydroxylation is 1. The van der Waals surface area contributed by atoms with E-state index < -0.39 is 32.9 Å². The van der Waals surface area contributed by atoms with E-state index in [0.29, 0.717) is 5.02 Å². The van der Waals surface area contributed by atoms with Crippen LogP contribution in [0.3, 0.4) is 0 Å². The molecule has 2 aromatic rings. The van der Waals surface area contributed by atoms with Crippen LogP contribution in [-0.2, 0) is 21.1 Å². The molecule has 1 N–H and O–H groups in total. The molecule has 0 aliphatic heterocycles. The standard InChI is InChI=1S/C18H17ClO4S/c1-2-11-3-5-12(6-4-11)15-16(18(20)21)17(15)24(22,23)14-9-7-13(19)8-10-14/h3-10,15-17H,2H2,1H3,(H,20,21)/t15-,16+,17-/m1/s1. The molecule has 3 atom stereocenters. The third-order valence-corrected chi connectivity index (χ3v) is 7.00. The molecule has 2 aromatic carbocycles. The Morgan fingerprint density at radius 1 is 1.08 bits per heavy atom. The van der Waals surface area contributed by atoms with Crippen molar-refractivity contribution in [3.8, 4) is 0 Å². The number of carbonyl (C=O) groups is 1. The second kappa shape index (κ2) is 6.22. The third-order valence-electron chi connectivity index (χ3n) is 4.51. The Labute approximate surface area is 146 Å². The molecular formula is C18H17ClO4S. The van der Waals surface area contributed by atoms with E-state index in [-0.39, 0.29) is 4.90 Å². The highest BCUT2D eigenvalue weighted by atomic mass is 35.5. The van der Waals surface area contributed by atoms with Gasteiger partial charge in [-0.25, -0.2) is 8.42 Å². The molecule has 0 bridgehead atoms. The van der Waals surface area contributed by atoms with Gasteiger partial charge in [0.15, 0.2) is 9.84 Å². The smallest absolute Gasteiger partial charge is 0.308 e. The number of hydrogen-bond donors (Lipinski definition) is 1. The van der Waals surface area contributed by atoms with Crippen LogP contribution in [0.4, 0.5) is 0 Å². The van der Waals surface area contributed by atoms with E-state index in [1.165, 1.54) is 24.3 Å². The lowest BCUT2D eigenvalue weighted by atomic mass is 10.1. The molecule has 1 saturated carbocycles. The summed E-state index contributed by atoms with van der Waals surface area (Å²) in [7, 11) is -3.73. The summed E-state index contributed by atoms with van der Waals surface area (Å²) >= 11 is 5.80. The maximum Gasteiger partial charge on any atom is 0.308 e. The normalized spacial score (nSPS) is 23.0. The summed E-state index contributed by atoms with van der Waals surface area (Å²) in [4.78, 5) is 11.6. The van der Waals surface area contributed by atoms with Crippen molar-refractivity contribution < 1.29 is 18.3 Å². The Morgan fingerprint density at radius 2 is 1.67 bits per heavy atom. The first-order chi connectivity index (χ1) is 11.4. The van der Waals surface area contributed by atoms with Crippen LogP contribution in [0.5, 0.6) is 0 Å². The second-order valence-corrected chi connectivity index (χ2v) is 8.49. The zero-order valence-corrected chi connectivity index (χ0v) is 14.6. The molecule has 0 saturated heterocycles. The monoisotopic (exact) mass is 364 g/mol. The van der Waals surface area contributed by atoms with E-state index in [1.54, 1.807) is 0 Å². The number of carboxylic acid groups (broad SMARTS) is 1. The molecular weight excluding hydrogens is 348 g/mol. The van der Waals surface area contributed by atoms with Crippen molar-refractivity contribution in [2.45, 2.75) is 29.4 Å². The highest BCUT2D eigenvalue weighted by Crippen LogP contribution is 2.54. The van der Waals surface area contributed by atoms with E-state index in [1.807, 2.05) is 31.2 Å². The lowest BCUT2D eigenvalue weighted by Crippen LogP contribution is -2.13. The van der Waals surface area contributed by atoms with Crippen molar-refractivity contribution in [3.05, 3.63) is 64.7 Å². The number of aliphatic carboxylic acids is 1. The molecule has 126 valence electrons. The minimum atomic E-state index is -3.73. The summed E-state index contributed by atoms with van der Waals surface area (Å²) in [5.41, 5.74) is 1.88. The minimum Gasteiger partial charge on any atom is -0.481 e. The van der Waals surface area contributed by atoms with Gasteiger partial charge in [0, 0.05) is 10.9 Å². The minimum absolute atomic E-state index is 0.107. The van der Waals surface area contributed by atoms with Crippen LogP contribution in [-0.4, -0.2) is 24.7 Å². The summed E-state index contributed by atoms with van der Waals surface area (Å²) < 4.78 is 25.6. The SMILES string of the molecule is CCc1ccc([C@@H]2[C@H](C(=O)O)[C@@H]2S(=O)(=O)c2ccc(Cl)cc2)cc1. The van der Waals surface area contributed by atoms with E-state index in [0.717, 1.165) is 17.5 Å². The number of sulfone groups is 1. The molecule has 24 heavy (non-hydrogen) atoms. The maximum absolute atomic E-state index is 12.8. The van der Waals surface area contributed by atoms with Crippen LogP contribution >= 0.6 is 11.6 Å². The molecule has 0 aromatic heterocycles. The fourth-order valence-corrected chi connectivity index (χ4v) is 5.37. The van der Waals surface area contributed by atoms with Gasteiger partial charge in [0.1, 0.15) is 0 Å². The van der Waals surface area contributed by atoms with Crippen LogP contribution in [0, 0.1) is 5.92 Å². The molecule has 3 rings (SSSR count). The Kier molecular flexibility index (Phi) is 4.40. The van der Waals surface area contributed by atoms with Crippen molar-refractivity contribution in [1.29, 1.82) is 0 Å². The van der Waals surface area contributed by atoms with Crippen molar-refractivity contribution >= 4 is 27.4 Å². The van der Waals surface area contributed by atoms with Gasteiger partial charge in [-0.15, -0.1) is 0 Å². The van der Waals surface area contributed by atoms with Crippen LogP contribution < -0.4 is 0 Å². The van der Waals surface area contributed by atoms with Gasteiger partial charge in [0.2, 0.25) is 0 Å². The van der Waals surface area contributed by atoms with Crippen molar-refractivity contribution in [2.24, 2.45) is 5.92 Å². The highest BCUT2D eigenvalue weighted by Gasteiger charge is 2.63. The molecule has 1 fully saturated rings. The summed E-state index contributed by atoms with van der Waals surface area (Å²) in [6.07, 6.45) is 0.875. The summed E-state index contributed by atoms with van der Waals surface area (Å²) in [6.45, 7) is 2.03. The van der Waals surface area contributed by atoms with Crippen molar-refractivity contribution in [3.63, 3.8) is 0 Å². The first kappa shape index (κ1) is 17.0. The summed E-state index contributed by atoms with van der Waals surface area (Å²) in [5, 5.41) is 8.92. The fourth-order valence-electron chi connectivity index (χ4n) is 3.12. The van der Waals surface area contributed by atoms with Crippen LogP contribution in [0.1, 0.15) is 24.0 Å². The van der Waals surface area contributed by atoms with E-state index in [9.17, 15) is 18.3 Å². The number of benzene rings is 2. The Hall–Kier alpha value is -1.85. The summed E-state index contributed by atoms with van der Waals surface area (Å²) in [6, 6.07) is 13.3. The lowest BCUT2D eigenvalue weighted by molar-refractivity contribution is -0.138. The van der Waals surface area contributed by atoms with Gasteiger partial charge in [0.25, 0.3) is 0 Å². The summed E-state index contributed by atoms with van der Waals surface area (Å²) in [5.74, 6) is -2.52. The zero-order chi connectivity index (χ0) is 17.5. The largest absolute Gasteiger partial charge is 0.481 e. The Bertz CT molecular complexity index is 857. The predicted molar refractivity (Wildman–Crippen MR) is 92.1 cm³/mol. The number of rotatable bonds is 5. The maximum atomic E-state index is 12.8. The van der Waals surface area contributed by atoms with Crippen molar-refractivity contribution in [1.82, 2.24) is 0 Å². The molecule has 6 heteroatoms. The van der Waals surface area contributed by atoms with Gasteiger partial charge in [-0.2, -0.15) is 0 Å². The molecule has 0 radical (unpaired) electrons. The molecule has 0 amide bonds. The molecule has 0 spiro atoms. The zero-order valence-electron chi connectivity index (χ0n) is 13.0. The average Bonchev–Trinajstić information content (AvgIpc) is 3.32. The van der Waals surface area contributed by atoms with Gasteiger partial charge >= 0.3 is 5.97 Å². The molecule has 1 aliphatic carbocycles. The Morgan fingerprint density at radius 3 is 2.17 bits per heavy atom. The third kappa shape index (κ3) is 2.94. The second-order valence-electron chi connectivity index (χ2n) is 5.95. The molecule has 0 unspecified atom stereocenters. The first-order valence-electron chi connectivity index (χ1n) is 7.67. The van der Waals surface area contributed by atoms with E-state index in [2.05, 4.69) is 0 Å². The van der Waals surface area contributed by atoms with Gasteiger partial charge < -0.3 is 5.11 Å². The number of hydrogen-bond acceptors (Lipinski definition) is 3. The number of carboxylic acids is 1. The van der Waals surface area contributed by atoms with Gasteiger partial charge in [-0.3, -0.25) is 4.79 Å². The predicted octanol–water partition coefficient (Wildman–Crippen LogP) is 3.54. The van der Waals surface area contributed by atoms with Crippen molar-refractivity contribution in [2.75, 3.05) is 0 Å². The quantitative estimate of drug-likeness (QED) is 0.880. The first-order valence-corrected chi connectivity index (χ1v) is 9.59. The Balaban J connectivity index is 1.96. The lowest BCUT2D eigenvalue weighted by Gasteiger charge is -2.05. The van der Waals surface area contributed by atoms with Gasteiger partial charge in [-0.1, -0.05) is 42.8 Å².